The quantitative estimate of drug-likeness (QED) is 0.471. The predicted molar refractivity (Wildman–Crippen MR) is 41.1 cm³/mol. The van der Waals surface area contributed by atoms with Crippen LogP contribution >= 0.6 is 0 Å². The van der Waals surface area contributed by atoms with Crippen molar-refractivity contribution in [3.05, 3.63) is 0 Å². The van der Waals surface area contributed by atoms with Gasteiger partial charge in [-0.3, -0.25) is 4.99 Å². The summed E-state index contributed by atoms with van der Waals surface area (Å²) in [4.78, 5) is 4.27. The molecule has 1 heterocycles. The molecule has 0 aromatic rings. The van der Waals surface area contributed by atoms with Gasteiger partial charge in [-0.2, -0.15) is 0 Å². The molecule has 0 spiro atoms. The van der Waals surface area contributed by atoms with Gasteiger partial charge in [0.1, 0.15) is 0 Å². The van der Waals surface area contributed by atoms with Crippen LogP contribution in [0.5, 0.6) is 0 Å². The molecule has 0 unspecified atom stereocenters. The van der Waals surface area contributed by atoms with E-state index in [1.807, 2.05) is 0 Å². The summed E-state index contributed by atoms with van der Waals surface area (Å²) in [7, 11) is 0. The molecule has 0 saturated carbocycles. The Hall–Kier alpha value is -0.330. The minimum absolute atomic E-state index is 1.07. The van der Waals surface area contributed by atoms with Crippen LogP contribution in [0, 0.1) is 0 Å². The lowest BCUT2D eigenvalue weighted by molar-refractivity contribution is 0.639. The number of nitrogens with zero attached hydrogens (tertiary/aromatic N) is 1. The van der Waals surface area contributed by atoms with Crippen molar-refractivity contribution in [2.24, 2.45) is 4.99 Å². The topological polar surface area (TPSA) is 12.4 Å². The molecule has 0 saturated heterocycles. The summed E-state index contributed by atoms with van der Waals surface area (Å²) >= 11 is 0. The first kappa shape index (κ1) is 6.79. The lowest BCUT2D eigenvalue weighted by atomic mass is 10.1. The first-order valence-corrected chi connectivity index (χ1v) is 3.98. The molecule has 0 fully saturated rings. The lowest BCUT2D eigenvalue weighted by Crippen LogP contribution is -1.79. The third-order valence-corrected chi connectivity index (χ3v) is 1.75. The number of hydrogen-bond donors (Lipinski definition) is 0. The van der Waals surface area contributed by atoms with Crippen LogP contribution in [0.4, 0.5) is 0 Å². The maximum absolute atomic E-state index is 4.27. The van der Waals surface area contributed by atoms with E-state index < -0.39 is 0 Å². The normalized spacial score (nSPS) is 25.8. The molecule has 1 aliphatic rings. The zero-order valence-corrected chi connectivity index (χ0v) is 5.97. The van der Waals surface area contributed by atoms with Gasteiger partial charge in [0.2, 0.25) is 0 Å². The zero-order valence-electron chi connectivity index (χ0n) is 5.97. The first-order chi connectivity index (χ1) is 4.50. The largest absolute Gasteiger partial charge is 0.298 e. The maximum Gasteiger partial charge on any atom is 0.0385 e. The minimum Gasteiger partial charge on any atom is -0.298 e. The van der Waals surface area contributed by atoms with Crippen LogP contribution in [-0.2, 0) is 0 Å². The molecule has 0 radical (unpaired) electrons. The second kappa shape index (κ2) is 4.54. The molecule has 0 aliphatic carbocycles. The summed E-state index contributed by atoms with van der Waals surface area (Å²) in [6.07, 6.45) is 10.2. The Bertz CT molecular complexity index is 76.6. The van der Waals surface area contributed by atoms with Crippen LogP contribution in [0.3, 0.4) is 0 Å². The average molecular weight is 125 g/mol. The van der Waals surface area contributed by atoms with Crippen LogP contribution in [0.1, 0.15) is 38.5 Å². The highest BCUT2D eigenvalue weighted by Crippen LogP contribution is 2.06. The molecule has 1 nitrogen and oxygen atoms in total. The minimum atomic E-state index is 1.07. The average Bonchev–Trinajstić information content (AvgIpc) is 2.00. The highest BCUT2D eigenvalue weighted by atomic mass is 14.7. The van der Waals surface area contributed by atoms with Crippen molar-refractivity contribution in [3.63, 3.8) is 0 Å². The Balaban J connectivity index is 2.15. The van der Waals surface area contributed by atoms with Gasteiger partial charge in [-0.15, -0.1) is 0 Å². The molecule has 1 rings (SSSR count). The smallest absolute Gasteiger partial charge is 0.0385 e. The van der Waals surface area contributed by atoms with Gasteiger partial charge in [0.25, 0.3) is 0 Å². The summed E-state index contributed by atoms with van der Waals surface area (Å²) in [5.74, 6) is 0. The predicted octanol–water partition coefficient (Wildman–Crippen LogP) is 2.41. The summed E-state index contributed by atoms with van der Waals surface area (Å²) in [5, 5.41) is 0. The van der Waals surface area contributed by atoms with E-state index >= 15 is 0 Å². The number of rotatable bonds is 0. The van der Waals surface area contributed by atoms with E-state index in [-0.39, 0.29) is 0 Å². The SMILES string of the molecule is C1=N\CCCCCCC/1. The van der Waals surface area contributed by atoms with Crippen molar-refractivity contribution in [3.8, 4) is 0 Å². The van der Waals surface area contributed by atoms with Crippen LogP contribution < -0.4 is 0 Å². The highest BCUT2D eigenvalue weighted by Gasteiger charge is 1.91. The van der Waals surface area contributed by atoms with Crippen molar-refractivity contribution in [1.82, 2.24) is 0 Å². The Labute approximate surface area is 57.2 Å². The van der Waals surface area contributed by atoms with E-state index in [4.69, 9.17) is 0 Å². The van der Waals surface area contributed by atoms with E-state index in [9.17, 15) is 0 Å². The van der Waals surface area contributed by atoms with Crippen LogP contribution in [0.25, 0.3) is 0 Å². The first-order valence-electron chi connectivity index (χ1n) is 3.98. The molecular formula is C8H15N. The second-order valence-electron chi connectivity index (χ2n) is 2.65. The van der Waals surface area contributed by atoms with Gasteiger partial charge in [-0.1, -0.05) is 19.3 Å². The Morgan fingerprint density at radius 3 is 2.67 bits per heavy atom. The Kier molecular flexibility index (Phi) is 3.42. The molecule has 1 aliphatic heterocycles. The third-order valence-electron chi connectivity index (χ3n) is 1.75. The number of aliphatic imine (C=N–C) groups is 1. The van der Waals surface area contributed by atoms with Gasteiger partial charge in [0.15, 0.2) is 0 Å². The fourth-order valence-electron chi connectivity index (χ4n) is 1.15. The molecule has 0 aromatic carbocycles. The Morgan fingerprint density at radius 1 is 0.889 bits per heavy atom. The standard InChI is InChI=1S/C8H15N/c1-2-4-6-8-9-7-5-3-1/h7H,1-6,8H2/b9-7-. The molecule has 0 bridgehead atoms. The van der Waals surface area contributed by atoms with E-state index in [1.54, 1.807) is 0 Å². The lowest BCUT2D eigenvalue weighted by Gasteiger charge is -1.93. The van der Waals surface area contributed by atoms with Gasteiger partial charge < -0.3 is 0 Å². The number of hydrogen-bond acceptors (Lipinski definition) is 1. The monoisotopic (exact) mass is 125 g/mol. The molecule has 9 heavy (non-hydrogen) atoms. The van der Waals surface area contributed by atoms with E-state index in [0.29, 0.717) is 0 Å². The van der Waals surface area contributed by atoms with E-state index in [2.05, 4.69) is 11.2 Å². The van der Waals surface area contributed by atoms with Crippen molar-refractivity contribution >= 4 is 6.21 Å². The molecule has 1 heteroatoms. The van der Waals surface area contributed by atoms with Crippen LogP contribution in [0.2, 0.25) is 0 Å². The van der Waals surface area contributed by atoms with Crippen LogP contribution in [0.15, 0.2) is 4.99 Å². The van der Waals surface area contributed by atoms with E-state index in [1.165, 1.54) is 38.5 Å². The highest BCUT2D eigenvalue weighted by molar-refractivity contribution is 5.56. The maximum atomic E-state index is 4.27. The molecular weight excluding hydrogens is 110 g/mol. The van der Waals surface area contributed by atoms with Crippen molar-refractivity contribution < 1.29 is 0 Å². The third kappa shape index (κ3) is 3.28. The zero-order chi connectivity index (χ0) is 6.36. The van der Waals surface area contributed by atoms with Gasteiger partial charge >= 0.3 is 0 Å². The summed E-state index contributed by atoms with van der Waals surface area (Å²) in [6.45, 7) is 1.07. The second-order valence-corrected chi connectivity index (χ2v) is 2.65. The van der Waals surface area contributed by atoms with Gasteiger partial charge in [-0.25, -0.2) is 0 Å². The summed E-state index contributed by atoms with van der Waals surface area (Å²) in [6, 6.07) is 0. The molecule has 0 N–H and O–H groups in total. The van der Waals surface area contributed by atoms with E-state index in [0.717, 1.165) is 6.54 Å². The Morgan fingerprint density at radius 2 is 1.67 bits per heavy atom. The summed E-state index contributed by atoms with van der Waals surface area (Å²) < 4.78 is 0. The van der Waals surface area contributed by atoms with Gasteiger partial charge in [0, 0.05) is 6.54 Å². The molecule has 52 valence electrons. The van der Waals surface area contributed by atoms with Gasteiger partial charge in [-0.05, 0) is 25.5 Å². The molecule has 0 atom stereocenters. The fourth-order valence-corrected chi connectivity index (χ4v) is 1.15. The van der Waals surface area contributed by atoms with Crippen LogP contribution in [-0.4, -0.2) is 12.8 Å². The van der Waals surface area contributed by atoms with Crippen molar-refractivity contribution in [2.75, 3.05) is 6.54 Å². The fraction of sp³-hybridized carbons (Fsp3) is 0.875. The van der Waals surface area contributed by atoms with Crippen molar-refractivity contribution in [1.29, 1.82) is 0 Å². The van der Waals surface area contributed by atoms with Crippen molar-refractivity contribution in [2.45, 2.75) is 38.5 Å². The summed E-state index contributed by atoms with van der Waals surface area (Å²) in [5.41, 5.74) is 0. The molecule has 0 amide bonds. The van der Waals surface area contributed by atoms with Gasteiger partial charge in [0.05, 0.1) is 0 Å². The molecule has 0 aromatic heterocycles.